The van der Waals surface area contributed by atoms with Crippen molar-refractivity contribution in [3.05, 3.63) is 80.2 Å². The molecule has 7 nitrogen and oxygen atoms in total. The molecule has 0 aliphatic carbocycles. The zero-order chi connectivity index (χ0) is 17.3. The summed E-state index contributed by atoms with van der Waals surface area (Å²) in [4.78, 5) is 34.7. The van der Waals surface area contributed by atoms with Gasteiger partial charge in [-0.15, -0.1) is 0 Å². The third-order valence-electron chi connectivity index (χ3n) is 3.53. The molecule has 3 rings (SSSR count). The van der Waals surface area contributed by atoms with Gasteiger partial charge in [0.1, 0.15) is 5.56 Å². The topological polar surface area (TPSA) is 99.6 Å². The van der Waals surface area contributed by atoms with Crippen molar-refractivity contribution in [2.45, 2.75) is 0 Å². The molecule has 0 bridgehead atoms. The van der Waals surface area contributed by atoms with Gasteiger partial charge in [-0.05, 0) is 24.3 Å². The third kappa shape index (κ3) is 2.63. The monoisotopic (exact) mass is 325 g/mol. The van der Waals surface area contributed by atoms with E-state index in [0.29, 0.717) is 11.1 Å². The Morgan fingerprint density at radius 1 is 1.17 bits per heavy atom. The van der Waals surface area contributed by atoms with Crippen molar-refractivity contribution in [2.24, 2.45) is 0 Å². The molecule has 0 aliphatic rings. The average molecular weight is 325 g/mol. The van der Waals surface area contributed by atoms with Crippen LogP contribution in [0.25, 0.3) is 11.0 Å². The first-order chi connectivity index (χ1) is 11.5. The largest absolute Gasteiger partial charge is 0.493 e. The number of nitrogens with zero attached hydrogens (tertiary/aromatic N) is 1. The van der Waals surface area contributed by atoms with E-state index in [2.05, 4.69) is 0 Å². The molecular weight excluding hydrogens is 314 g/mol. The molecule has 7 heteroatoms. The van der Waals surface area contributed by atoms with E-state index >= 15 is 0 Å². The Kier molecular flexibility index (Phi) is 3.83. The zero-order valence-corrected chi connectivity index (χ0v) is 12.5. The van der Waals surface area contributed by atoms with Gasteiger partial charge < -0.3 is 9.15 Å². The van der Waals surface area contributed by atoms with Crippen LogP contribution in [0.15, 0.2) is 57.7 Å². The summed E-state index contributed by atoms with van der Waals surface area (Å²) in [6.07, 6.45) is 0. The van der Waals surface area contributed by atoms with Gasteiger partial charge in [0.15, 0.2) is 17.1 Å². The lowest BCUT2D eigenvalue weighted by Crippen LogP contribution is -2.14. The number of methoxy groups -OCH3 is 1. The van der Waals surface area contributed by atoms with Crippen molar-refractivity contribution in [3.63, 3.8) is 0 Å². The van der Waals surface area contributed by atoms with E-state index in [4.69, 9.17) is 9.15 Å². The first-order valence-corrected chi connectivity index (χ1v) is 6.91. The third-order valence-corrected chi connectivity index (χ3v) is 3.53. The number of ether oxygens (including phenoxy) is 1. The van der Waals surface area contributed by atoms with E-state index in [0.717, 1.165) is 0 Å². The quantitative estimate of drug-likeness (QED) is 0.316. The van der Waals surface area contributed by atoms with Crippen molar-refractivity contribution in [3.8, 4) is 5.75 Å². The highest BCUT2D eigenvalue weighted by atomic mass is 16.6. The molecule has 0 radical (unpaired) electrons. The minimum Gasteiger partial charge on any atom is -0.493 e. The average Bonchev–Trinajstić information content (AvgIpc) is 2.60. The van der Waals surface area contributed by atoms with E-state index in [1.54, 1.807) is 18.2 Å². The molecule has 2 aromatic carbocycles. The molecule has 0 saturated carbocycles. The van der Waals surface area contributed by atoms with Crippen LogP contribution in [0, 0.1) is 10.1 Å². The molecule has 0 atom stereocenters. The Balaban J connectivity index is 2.08. The molecule has 0 unspecified atom stereocenters. The summed E-state index contributed by atoms with van der Waals surface area (Å²) < 4.78 is 10.3. The number of para-hydroxylation sites is 1. The van der Waals surface area contributed by atoms with Crippen LogP contribution in [0.2, 0.25) is 0 Å². The van der Waals surface area contributed by atoms with Crippen molar-refractivity contribution in [1.82, 2.24) is 0 Å². The number of nitro groups is 1. The van der Waals surface area contributed by atoms with Crippen LogP contribution in [0.1, 0.15) is 15.9 Å². The van der Waals surface area contributed by atoms with E-state index < -0.39 is 16.3 Å². The van der Waals surface area contributed by atoms with Gasteiger partial charge >= 0.3 is 5.63 Å². The number of hydrogen-bond acceptors (Lipinski definition) is 6. The van der Waals surface area contributed by atoms with Gasteiger partial charge in [-0.2, -0.15) is 0 Å². The second-order valence-electron chi connectivity index (χ2n) is 4.96. The molecule has 0 saturated heterocycles. The fourth-order valence-corrected chi connectivity index (χ4v) is 2.33. The number of benzene rings is 2. The molecular formula is C17H11NO6. The van der Waals surface area contributed by atoms with Crippen molar-refractivity contribution in [2.75, 3.05) is 7.11 Å². The van der Waals surface area contributed by atoms with Crippen molar-refractivity contribution in [1.29, 1.82) is 0 Å². The number of carbonyl (C=O) groups is 1. The highest BCUT2D eigenvalue weighted by Crippen LogP contribution is 2.25. The molecule has 0 N–H and O–H groups in total. The maximum absolute atomic E-state index is 12.5. The smallest absolute Gasteiger partial charge is 0.347 e. The summed E-state index contributed by atoms with van der Waals surface area (Å²) in [5, 5.41) is 11.2. The van der Waals surface area contributed by atoms with Gasteiger partial charge in [-0.25, -0.2) is 4.79 Å². The second kappa shape index (κ2) is 5.96. The van der Waals surface area contributed by atoms with Crippen LogP contribution < -0.4 is 10.4 Å². The van der Waals surface area contributed by atoms with Crippen LogP contribution in [-0.4, -0.2) is 17.8 Å². The number of ketones is 1. The van der Waals surface area contributed by atoms with Crippen LogP contribution in [0.3, 0.4) is 0 Å². The second-order valence-corrected chi connectivity index (χ2v) is 4.96. The Morgan fingerprint density at radius 3 is 2.50 bits per heavy atom. The Hall–Kier alpha value is -3.48. The van der Waals surface area contributed by atoms with Crippen molar-refractivity contribution < 1.29 is 18.9 Å². The summed E-state index contributed by atoms with van der Waals surface area (Å²) in [6, 6.07) is 11.5. The lowest BCUT2D eigenvalue weighted by atomic mass is 10.0. The highest BCUT2D eigenvalue weighted by molar-refractivity contribution is 6.10. The Morgan fingerprint density at radius 2 is 1.88 bits per heavy atom. The number of non-ortho nitro benzene ring substituents is 1. The number of rotatable bonds is 4. The SMILES string of the molecule is COc1cccc2cc(C(=O)c3ccc([N+](=O)[O-])cc3)c(=O)oc12. The van der Waals surface area contributed by atoms with Gasteiger partial charge in [0.25, 0.3) is 5.69 Å². The zero-order valence-electron chi connectivity index (χ0n) is 12.5. The fourth-order valence-electron chi connectivity index (χ4n) is 2.33. The Bertz CT molecular complexity index is 1000. The van der Waals surface area contributed by atoms with Gasteiger partial charge in [-0.3, -0.25) is 14.9 Å². The maximum Gasteiger partial charge on any atom is 0.347 e. The van der Waals surface area contributed by atoms with Gasteiger partial charge in [-0.1, -0.05) is 12.1 Å². The van der Waals surface area contributed by atoms with E-state index in [9.17, 15) is 19.7 Å². The van der Waals surface area contributed by atoms with Crippen LogP contribution in [0.5, 0.6) is 5.75 Å². The fraction of sp³-hybridized carbons (Fsp3) is 0.0588. The highest BCUT2D eigenvalue weighted by Gasteiger charge is 2.18. The number of nitro benzene ring substituents is 1. The summed E-state index contributed by atoms with van der Waals surface area (Å²) in [5.74, 6) is -0.178. The van der Waals surface area contributed by atoms with Crippen molar-refractivity contribution >= 4 is 22.4 Å². The van der Waals surface area contributed by atoms with Gasteiger partial charge in [0.2, 0.25) is 0 Å². The molecule has 0 amide bonds. The first-order valence-electron chi connectivity index (χ1n) is 6.91. The van der Waals surface area contributed by atoms with Gasteiger partial charge in [0.05, 0.1) is 12.0 Å². The predicted octanol–water partition coefficient (Wildman–Crippen LogP) is 2.94. The molecule has 1 heterocycles. The number of fused-ring (bicyclic) bond motifs is 1. The van der Waals surface area contributed by atoms with Crippen LogP contribution in [0.4, 0.5) is 5.69 Å². The summed E-state index contributed by atoms with van der Waals surface area (Å²) in [7, 11) is 1.45. The molecule has 0 spiro atoms. The minimum atomic E-state index is -0.796. The molecule has 120 valence electrons. The summed E-state index contributed by atoms with van der Waals surface area (Å²) in [6.45, 7) is 0. The predicted molar refractivity (Wildman–Crippen MR) is 85.6 cm³/mol. The standard InChI is InChI=1S/C17H11NO6/c1-23-14-4-2-3-11-9-13(17(20)24-16(11)14)15(19)10-5-7-12(8-6-10)18(21)22/h2-9H,1H3. The molecule has 0 fully saturated rings. The van der Waals surface area contributed by atoms with E-state index in [-0.39, 0.29) is 22.4 Å². The summed E-state index contributed by atoms with van der Waals surface area (Å²) >= 11 is 0. The maximum atomic E-state index is 12.5. The Labute approximate surface area is 135 Å². The molecule has 24 heavy (non-hydrogen) atoms. The van der Waals surface area contributed by atoms with E-state index in [1.807, 2.05) is 0 Å². The first kappa shape index (κ1) is 15.4. The van der Waals surface area contributed by atoms with Gasteiger partial charge in [0, 0.05) is 23.1 Å². The lowest BCUT2D eigenvalue weighted by Gasteiger charge is -2.05. The molecule has 3 aromatic rings. The molecule has 0 aliphatic heterocycles. The van der Waals surface area contributed by atoms with Crippen LogP contribution >= 0.6 is 0 Å². The number of carbonyl (C=O) groups excluding carboxylic acids is 1. The van der Waals surface area contributed by atoms with E-state index in [1.165, 1.54) is 37.4 Å². The summed E-state index contributed by atoms with van der Waals surface area (Å²) in [5.41, 5.74) is -0.665. The minimum absolute atomic E-state index is 0.137. The molecule has 1 aromatic heterocycles. The normalized spacial score (nSPS) is 10.5. The van der Waals surface area contributed by atoms with Crippen LogP contribution in [-0.2, 0) is 0 Å². The number of hydrogen-bond donors (Lipinski definition) is 0. The lowest BCUT2D eigenvalue weighted by molar-refractivity contribution is -0.384.